The van der Waals surface area contributed by atoms with E-state index in [2.05, 4.69) is 0 Å². The van der Waals surface area contributed by atoms with Crippen LogP contribution in [0.25, 0.3) is 0 Å². The molecule has 7 heteroatoms. The highest BCUT2D eigenvalue weighted by molar-refractivity contribution is 5.50. The lowest BCUT2D eigenvalue weighted by Gasteiger charge is -2.24. The number of hydrogen-bond donors (Lipinski definition) is 0. The molecule has 2 rings (SSSR count). The first-order chi connectivity index (χ1) is 8.21. The molecule has 1 nitrogen and oxygen atoms in total. The monoisotopic (exact) mass is 270 g/mol. The Balaban J connectivity index is 2.69. The smallest absolute Gasteiger partial charge is 0.420 e. The average Bonchev–Trinajstić information content (AvgIpc) is 2.24. The molecule has 0 saturated heterocycles. The lowest BCUT2D eigenvalue weighted by molar-refractivity contribution is -0.163. The molecule has 0 atom stereocenters. The molecule has 0 saturated carbocycles. The molecule has 1 aromatic rings. The van der Waals surface area contributed by atoms with Gasteiger partial charge in [-0.1, -0.05) is 6.07 Å². The van der Waals surface area contributed by atoms with Crippen molar-refractivity contribution >= 4 is 0 Å². The van der Waals surface area contributed by atoms with Gasteiger partial charge in [0.2, 0.25) is 0 Å². The standard InChI is InChI=1S/C11H8F6O/c12-10(13,14)7-4-3-6-2-1-5-18-9(6)8(7)11(15,16)17/h3-4H,1-2,5H2. The van der Waals surface area contributed by atoms with Gasteiger partial charge in [0, 0.05) is 0 Å². The number of rotatable bonds is 0. The highest BCUT2D eigenvalue weighted by Crippen LogP contribution is 2.47. The van der Waals surface area contributed by atoms with E-state index in [0.29, 0.717) is 12.5 Å². The Bertz CT molecular complexity index is 460. The maximum absolute atomic E-state index is 12.8. The van der Waals surface area contributed by atoms with E-state index in [1.165, 1.54) is 0 Å². The Kier molecular flexibility index (Phi) is 2.95. The van der Waals surface area contributed by atoms with Gasteiger partial charge in [0.25, 0.3) is 0 Å². The molecule has 0 N–H and O–H groups in total. The normalized spacial score (nSPS) is 16.1. The van der Waals surface area contributed by atoms with Crippen molar-refractivity contribution in [3.8, 4) is 5.75 Å². The molecule has 0 aromatic heterocycles. The third-order valence-corrected chi connectivity index (χ3v) is 2.66. The van der Waals surface area contributed by atoms with Gasteiger partial charge in [0.1, 0.15) is 11.3 Å². The summed E-state index contributed by atoms with van der Waals surface area (Å²) >= 11 is 0. The molecule has 0 bridgehead atoms. The van der Waals surface area contributed by atoms with Crippen molar-refractivity contribution in [1.82, 2.24) is 0 Å². The summed E-state index contributed by atoms with van der Waals surface area (Å²) in [6.07, 6.45) is -9.36. The molecule has 1 aromatic carbocycles. The summed E-state index contributed by atoms with van der Waals surface area (Å²) in [6, 6.07) is 1.52. The molecule has 1 aliphatic heterocycles. The molecule has 0 unspecified atom stereocenters. The summed E-state index contributed by atoms with van der Waals surface area (Å²) in [5.41, 5.74) is -3.25. The number of ether oxygens (including phenoxy) is 1. The zero-order valence-corrected chi connectivity index (χ0v) is 8.95. The van der Waals surface area contributed by atoms with Crippen LogP contribution in [0, 0.1) is 0 Å². The van der Waals surface area contributed by atoms with Crippen LogP contribution in [0.5, 0.6) is 5.75 Å². The Labute approximate surface area is 98.4 Å². The van der Waals surface area contributed by atoms with Gasteiger partial charge in [0.15, 0.2) is 0 Å². The second-order valence-corrected chi connectivity index (χ2v) is 3.92. The van der Waals surface area contributed by atoms with Gasteiger partial charge in [-0.05, 0) is 24.5 Å². The highest BCUT2D eigenvalue weighted by Gasteiger charge is 2.46. The minimum absolute atomic E-state index is 0.00259. The first-order valence-electron chi connectivity index (χ1n) is 5.14. The molecular formula is C11H8F6O. The number of aryl methyl sites for hydroxylation is 1. The van der Waals surface area contributed by atoms with E-state index in [1.807, 2.05) is 0 Å². The van der Waals surface area contributed by atoms with Crippen LogP contribution in [0.4, 0.5) is 26.3 Å². The molecule has 18 heavy (non-hydrogen) atoms. The summed E-state index contributed by atoms with van der Waals surface area (Å²) in [5.74, 6) is -0.677. The third-order valence-electron chi connectivity index (χ3n) is 2.66. The topological polar surface area (TPSA) is 9.23 Å². The van der Waals surface area contributed by atoms with Crippen molar-refractivity contribution in [3.63, 3.8) is 0 Å². The van der Waals surface area contributed by atoms with E-state index < -0.39 is 29.2 Å². The molecule has 0 aliphatic carbocycles. The Hall–Kier alpha value is -1.40. The number of halogens is 6. The van der Waals surface area contributed by atoms with E-state index >= 15 is 0 Å². The number of fused-ring (bicyclic) bond motifs is 1. The fourth-order valence-electron chi connectivity index (χ4n) is 1.94. The maximum atomic E-state index is 12.8. The SMILES string of the molecule is FC(F)(F)c1ccc2c(c1C(F)(F)F)OCCC2. The fraction of sp³-hybridized carbons (Fsp3) is 0.455. The van der Waals surface area contributed by atoms with Crippen LogP contribution in [0.3, 0.4) is 0 Å². The van der Waals surface area contributed by atoms with Crippen LogP contribution >= 0.6 is 0 Å². The highest BCUT2D eigenvalue weighted by atomic mass is 19.4. The summed E-state index contributed by atoms with van der Waals surface area (Å²) in [5, 5.41) is 0. The van der Waals surface area contributed by atoms with Crippen molar-refractivity contribution in [3.05, 3.63) is 28.8 Å². The summed E-state index contributed by atoms with van der Waals surface area (Å²) in [7, 11) is 0. The largest absolute Gasteiger partial charge is 0.493 e. The second kappa shape index (κ2) is 4.07. The van der Waals surface area contributed by atoms with E-state index in [9.17, 15) is 26.3 Å². The van der Waals surface area contributed by atoms with Crippen molar-refractivity contribution in [2.24, 2.45) is 0 Å². The predicted octanol–water partition coefficient (Wildman–Crippen LogP) is 4.05. The summed E-state index contributed by atoms with van der Waals surface area (Å²) in [4.78, 5) is 0. The quantitative estimate of drug-likeness (QED) is 0.646. The van der Waals surface area contributed by atoms with Gasteiger partial charge in [-0.3, -0.25) is 0 Å². The van der Waals surface area contributed by atoms with Gasteiger partial charge in [0.05, 0.1) is 12.2 Å². The zero-order valence-electron chi connectivity index (χ0n) is 8.95. The van der Waals surface area contributed by atoms with E-state index in [-0.39, 0.29) is 18.6 Å². The van der Waals surface area contributed by atoms with Crippen LogP contribution in [-0.2, 0) is 18.8 Å². The first-order valence-corrected chi connectivity index (χ1v) is 5.14. The molecular weight excluding hydrogens is 262 g/mol. The van der Waals surface area contributed by atoms with E-state index in [0.717, 1.165) is 6.07 Å². The van der Waals surface area contributed by atoms with E-state index in [1.54, 1.807) is 0 Å². The predicted molar refractivity (Wildman–Crippen MR) is 50.3 cm³/mol. The zero-order chi connectivity index (χ0) is 13.6. The maximum Gasteiger partial charge on any atom is 0.420 e. The fourth-order valence-corrected chi connectivity index (χ4v) is 1.94. The summed E-state index contributed by atoms with van der Waals surface area (Å²) in [6.45, 7) is -0.00259. The van der Waals surface area contributed by atoms with Gasteiger partial charge >= 0.3 is 12.4 Å². The molecule has 0 amide bonds. The van der Waals surface area contributed by atoms with Crippen molar-refractivity contribution in [2.75, 3.05) is 6.61 Å². The lowest BCUT2D eigenvalue weighted by atomic mass is 9.97. The minimum atomic E-state index is -5.09. The molecule has 1 heterocycles. The Morgan fingerprint density at radius 3 is 2.17 bits per heavy atom. The molecule has 0 fully saturated rings. The first kappa shape index (κ1) is 13.0. The van der Waals surface area contributed by atoms with Crippen molar-refractivity contribution in [2.45, 2.75) is 25.2 Å². The lowest BCUT2D eigenvalue weighted by Crippen LogP contribution is -2.21. The van der Waals surface area contributed by atoms with Crippen LogP contribution in [0.1, 0.15) is 23.1 Å². The molecule has 0 radical (unpaired) electrons. The molecule has 100 valence electrons. The molecule has 0 spiro atoms. The van der Waals surface area contributed by atoms with E-state index in [4.69, 9.17) is 4.74 Å². The van der Waals surface area contributed by atoms with Gasteiger partial charge in [-0.2, -0.15) is 26.3 Å². The van der Waals surface area contributed by atoms with Gasteiger partial charge < -0.3 is 4.74 Å². The second-order valence-electron chi connectivity index (χ2n) is 3.92. The Morgan fingerprint density at radius 2 is 1.61 bits per heavy atom. The van der Waals surface area contributed by atoms with Crippen LogP contribution in [0.2, 0.25) is 0 Å². The average molecular weight is 270 g/mol. The number of alkyl halides is 6. The van der Waals surface area contributed by atoms with Crippen LogP contribution < -0.4 is 4.74 Å². The minimum Gasteiger partial charge on any atom is -0.493 e. The number of hydrogen-bond acceptors (Lipinski definition) is 1. The van der Waals surface area contributed by atoms with Crippen molar-refractivity contribution in [1.29, 1.82) is 0 Å². The van der Waals surface area contributed by atoms with Crippen LogP contribution in [-0.4, -0.2) is 6.61 Å². The van der Waals surface area contributed by atoms with Gasteiger partial charge in [-0.15, -0.1) is 0 Å². The molecule has 1 aliphatic rings. The summed E-state index contributed by atoms with van der Waals surface area (Å²) < 4.78 is 80.9. The van der Waals surface area contributed by atoms with Crippen LogP contribution in [0.15, 0.2) is 12.1 Å². The Morgan fingerprint density at radius 1 is 0.944 bits per heavy atom. The number of benzene rings is 1. The third kappa shape index (κ3) is 2.26. The van der Waals surface area contributed by atoms with Crippen molar-refractivity contribution < 1.29 is 31.1 Å². The van der Waals surface area contributed by atoms with Gasteiger partial charge in [-0.25, -0.2) is 0 Å².